The van der Waals surface area contributed by atoms with Gasteiger partial charge in [-0.2, -0.15) is 0 Å². The summed E-state index contributed by atoms with van der Waals surface area (Å²) < 4.78 is 0. The second kappa shape index (κ2) is 12.0. The fourth-order valence-corrected chi connectivity index (χ4v) is 5.71. The van der Waals surface area contributed by atoms with Gasteiger partial charge in [-0.15, -0.1) is 0 Å². The number of carbonyl (C=O) groups excluding carboxylic acids is 1. The van der Waals surface area contributed by atoms with Crippen molar-refractivity contribution in [2.75, 3.05) is 0 Å². The molecule has 0 spiro atoms. The Labute approximate surface area is 196 Å². The summed E-state index contributed by atoms with van der Waals surface area (Å²) in [6.45, 7) is 6.37. The maximum Gasteiger partial charge on any atom is 0.184 e. The standard InChI is InChI=1S/C30H44O2/c1-4-5-6-7-8-9-10-11-12-14-24-17-19-25(20-18-24)21-26-22-30(3)27(23(2)29(26)32)15-13-16-28(30)31/h17-21,28,31H,4-16,22H2,1-3H3/b26-21-/t28-,30-/m0/s1. The van der Waals surface area contributed by atoms with Crippen molar-refractivity contribution in [1.82, 2.24) is 0 Å². The first-order chi connectivity index (χ1) is 15.5. The number of rotatable bonds is 11. The van der Waals surface area contributed by atoms with Gasteiger partial charge in [-0.3, -0.25) is 4.79 Å². The number of ketones is 1. The maximum absolute atomic E-state index is 13.0. The van der Waals surface area contributed by atoms with Gasteiger partial charge in [-0.05, 0) is 68.2 Å². The average Bonchev–Trinajstić information content (AvgIpc) is 2.79. The molecule has 1 aromatic carbocycles. The van der Waals surface area contributed by atoms with Crippen molar-refractivity contribution in [2.45, 2.75) is 117 Å². The molecule has 1 fully saturated rings. The highest BCUT2D eigenvalue weighted by Crippen LogP contribution is 2.50. The van der Waals surface area contributed by atoms with Crippen LogP contribution in [0.5, 0.6) is 0 Å². The molecule has 2 aliphatic rings. The Morgan fingerprint density at radius 1 is 1.00 bits per heavy atom. The lowest BCUT2D eigenvalue weighted by Gasteiger charge is -2.45. The molecule has 176 valence electrons. The van der Waals surface area contributed by atoms with Crippen LogP contribution < -0.4 is 0 Å². The number of fused-ring (bicyclic) bond motifs is 1. The fraction of sp³-hybridized carbons (Fsp3) is 0.633. The molecule has 0 aromatic heterocycles. The van der Waals surface area contributed by atoms with E-state index in [9.17, 15) is 9.90 Å². The molecule has 0 radical (unpaired) electrons. The molecule has 0 bridgehead atoms. The van der Waals surface area contributed by atoms with Crippen molar-refractivity contribution in [1.29, 1.82) is 0 Å². The normalized spacial score (nSPS) is 24.8. The first-order valence-electron chi connectivity index (χ1n) is 13.2. The third-order valence-electron chi connectivity index (χ3n) is 7.86. The van der Waals surface area contributed by atoms with E-state index in [1.807, 2.05) is 6.92 Å². The number of Topliss-reactive ketones (excluding diaryl/α,β-unsaturated/α-hetero) is 1. The predicted molar refractivity (Wildman–Crippen MR) is 136 cm³/mol. The molecule has 0 saturated heterocycles. The molecule has 2 atom stereocenters. The van der Waals surface area contributed by atoms with Crippen LogP contribution in [-0.2, 0) is 11.2 Å². The molecule has 2 heteroatoms. The van der Waals surface area contributed by atoms with Crippen LogP contribution in [0.1, 0.15) is 115 Å². The number of aryl methyl sites for hydroxylation is 1. The van der Waals surface area contributed by atoms with E-state index >= 15 is 0 Å². The molecule has 1 aromatic rings. The Morgan fingerprint density at radius 3 is 2.28 bits per heavy atom. The Bertz CT molecular complexity index is 814. The Hall–Kier alpha value is -1.67. The zero-order chi connectivity index (χ0) is 23.0. The third-order valence-corrected chi connectivity index (χ3v) is 7.86. The lowest BCUT2D eigenvalue weighted by atomic mass is 9.61. The highest BCUT2D eigenvalue weighted by molar-refractivity contribution is 6.12. The van der Waals surface area contributed by atoms with Crippen LogP contribution in [0.15, 0.2) is 41.0 Å². The van der Waals surface area contributed by atoms with E-state index in [2.05, 4.69) is 44.2 Å². The van der Waals surface area contributed by atoms with Crippen LogP contribution in [-0.4, -0.2) is 17.0 Å². The monoisotopic (exact) mass is 436 g/mol. The molecule has 0 heterocycles. The molecular formula is C30H44O2. The van der Waals surface area contributed by atoms with Gasteiger partial charge in [-0.1, -0.05) is 95.1 Å². The first kappa shape index (κ1) is 25.0. The molecule has 32 heavy (non-hydrogen) atoms. The van der Waals surface area contributed by atoms with E-state index in [0.717, 1.165) is 42.4 Å². The number of allylic oxidation sites excluding steroid dienone is 2. The summed E-state index contributed by atoms with van der Waals surface area (Å²) in [5, 5.41) is 10.7. The van der Waals surface area contributed by atoms with Crippen LogP contribution in [0, 0.1) is 5.41 Å². The molecule has 0 aliphatic heterocycles. The summed E-state index contributed by atoms with van der Waals surface area (Å²) in [4.78, 5) is 13.0. The van der Waals surface area contributed by atoms with Gasteiger partial charge in [0, 0.05) is 11.0 Å². The van der Waals surface area contributed by atoms with Gasteiger partial charge in [0.2, 0.25) is 0 Å². The SMILES string of the molecule is CCCCCCCCCCCc1ccc(/C=C2/C[C@@]3(C)C(=C(C)C2=O)CCC[C@@H]3O)cc1. The van der Waals surface area contributed by atoms with E-state index in [4.69, 9.17) is 0 Å². The van der Waals surface area contributed by atoms with Crippen molar-refractivity contribution < 1.29 is 9.90 Å². The van der Waals surface area contributed by atoms with Crippen molar-refractivity contribution in [2.24, 2.45) is 5.41 Å². The number of carbonyl (C=O) groups is 1. The topological polar surface area (TPSA) is 37.3 Å². The van der Waals surface area contributed by atoms with Gasteiger partial charge < -0.3 is 5.11 Å². The third kappa shape index (κ3) is 6.22. The van der Waals surface area contributed by atoms with Crippen molar-refractivity contribution in [3.8, 4) is 0 Å². The van der Waals surface area contributed by atoms with Gasteiger partial charge in [0.25, 0.3) is 0 Å². The zero-order valence-corrected chi connectivity index (χ0v) is 20.7. The summed E-state index contributed by atoms with van der Waals surface area (Å²) in [7, 11) is 0. The summed E-state index contributed by atoms with van der Waals surface area (Å²) in [6, 6.07) is 8.74. The van der Waals surface area contributed by atoms with Gasteiger partial charge >= 0.3 is 0 Å². The summed E-state index contributed by atoms with van der Waals surface area (Å²) in [6.07, 6.45) is 18.5. The first-order valence-corrected chi connectivity index (χ1v) is 13.2. The lowest BCUT2D eigenvalue weighted by molar-refractivity contribution is -0.113. The number of benzene rings is 1. The van der Waals surface area contributed by atoms with Crippen molar-refractivity contribution in [3.63, 3.8) is 0 Å². The molecule has 1 saturated carbocycles. The van der Waals surface area contributed by atoms with Crippen LogP contribution in [0.3, 0.4) is 0 Å². The molecule has 2 aliphatic carbocycles. The van der Waals surface area contributed by atoms with Crippen LogP contribution in [0.25, 0.3) is 6.08 Å². The van der Waals surface area contributed by atoms with E-state index in [0.29, 0.717) is 6.42 Å². The van der Waals surface area contributed by atoms with Gasteiger partial charge in [0.05, 0.1) is 6.10 Å². The zero-order valence-electron chi connectivity index (χ0n) is 20.7. The largest absolute Gasteiger partial charge is 0.392 e. The minimum absolute atomic E-state index is 0.172. The smallest absolute Gasteiger partial charge is 0.184 e. The Morgan fingerprint density at radius 2 is 1.62 bits per heavy atom. The van der Waals surface area contributed by atoms with Crippen molar-refractivity contribution in [3.05, 3.63) is 52.1 Å². The van der Waals surface area contributed by atoms with Crippen molar-refractivity contribution >= 4 is 11.9 Å². The van der Waals surface area contributed by atoms with E-state index in [1.165, 1.54) is 68.9 Å². The van der Waals surface area contributed by atoms with Gasteiger partial charge in [0.1, 0.15) is 0 Å². The number of aliphatic hydroxyl groups excluding tert-OH is 1. The molecule has 3 rings (SSSR count). The minimum atomic E-state index is -0.351. The number of unbranched alkanes of at least 4 members (excludes halogenated alkanes) is 8. The number of hydrogen-bond donors (Lipinski definition) is 1. The molecular weight excluding hydrogens is 392 g/mol. The predicted octanol–water partition coefficient (Wildman–Crippen LogP) is 7.98. The Balaban J connectivity index is 1.51. The second-order valence-corrected chi connectivity index (χ2v) is 10.4. The summed E-state index contributed by atoms with van der Waals surface area (Å²) >= 11 is 0. The Kier molecular flexibility index (Phi) is 9.34. The van der Waals surface area contributed by atoms with E-state index in [1.54, 1.807) is 0 Å². The van der Waals surface area contributed by atoms with E-state index in [-0.39, 0.29) is 17.3 Å². The van der Waals surface area contributed by atoms with Crippen LogP contribution in [0.2, 0.25) is 0 Å². The average molecular weight is 437 g/mol. The summed E-state index contributed by atoms with van der Waals surface area (Å²) in [5.74, 6) is 0.172. The number of aliphatic hydroxyl groups is 1. The molecule has 1 N–H and O–H groups in total. The number of hydrogen-bond acceptors (Lipinski definition) is 2. The maximum atomic E-state index is 13.0. The van der Waals surface area contributed by atoms with Gasteiger partial charge in [0.15, 0.2) is 5.78 Å². The molecule has 2 nitrogen and oxygen atoms in total. The fourth-order valence-electron chi connectivity index (χ4n) is 5.71. The highest BCUT2D eigenvalue weighted by Gasteiger charge is 2.45. The van der Waals surface area contributed by atoms with Gasteiger partial charge in [-0.25, -0.2) is 0 Å². The van der Waals surface area contributed by atoms with Crippen LogP contribution in [0.4, 0.5) is 0 Å². The molecule has 0 amide bonds. The lowest BCUT2D eigenvalue weighted by Crippen LogP contribution is -2.42. The molecule has 0 unspecified atom stereocenters. The quantitative estimate of drug-likeness (QED) is 0.282. The van der Waals surface area contributed by atoms with E-state index < -0.39 is 0 Å². The highest BCUT2D eigenvalue weighted by atomic mass is 16.3. The second-order valence-electron chi connectivity index (χ2n) is 10.4. The minimum Gasteiger partial charge on any atom is -0.392 e. The summed E-state index contributed by atoms with van der Waals surface area (Å²) in [5.41, 5.74) is 5.10. The van der Waals surface area contributed by atoms with Crippen LogP contribution >= 0.6 is 0 Å².